The number of nitrogens with zero attached hydrogens (tertiary/aromatic N) is 2. The minimum Gasteiger partial charge on any atom is -0.434 e. The van der Waals surface area contributed by atoms with Crippen LogP contribution in [0.3, 0.4) is 0 Å². The van der Waals surface area contributed by atoms with E-state index in [2.05, 4.69) is 60.5 Å². The van der Waals surface area contributed by atoms with Gasteiger partial charge in [0, 0.05) is 24.6 Å². The van der Waals surface area contributed by atoms with Gasteiger partial charge in [-0.15, -0.1) is 0 Å². The highest BCUT2D eigenvalue weighted by molar-refractivity contribution is 14.1. The molecule has 0 bridgehead atoms. The molecule has 4 rings (SSSR count). The average Bonchev–Trinajstić information content (AvgIpc) is 3.08. The number of benzene rings is 2. The number of aromatic nitrogens is 2. The molecule has 4 aromatic rings. The summed E-state index contributed by atoms with van der Waals surface area (Å²) in [7, 11) is 0. The third-order valence-electron chi connectivity index (χ3n) is 3.73. The van der Waals surface area contributed by atoms with Gasteiger partial charge >= 0.3 is 0 Å². The van der Waals surface area contributed by atoms with Crippen LogP contribution in [-0.2, 0) is 0 Å². The molecule has 1 amide bonds. The van der Waals surface area contributed by atoms with Crippen LogP contribution in [0.2, 0.25) is 0 Å². The number of pyridine rings is 1. The van der Waals surface area contributed by atoms with Crippen LogP contribution in [-0.4, -0.2) is 15.9 Å². The number of carbonyl (C=O) groups is 1. The van der Waals surface area contributed by atoms with Crippen molar-refractivity contribution in [1.29, 1.82) is 0 Å². The molecule has 1 N–H and O–H groups in total. The molecule has 2 aromatic heterocycles. The summed E-state index contributed by atoms with van der Waals surface area (Å²) in [6.45, 7) is 0. The fourth-order valence-corrected chi connectivity index (χ4v) is 3.53. The molecule has 2 heterocycles. The summed E-state index contributed by atoms with van der Waals surface area (Å²) in [5.74, 6) is 0.371. The lowest BCUT2D eigenvalue weighted by Crippen LogP contribution is -2.13. The van der Waals surface area contributed by atoms with Crippen molar-refractivity contribution in [3.63, 3.8) is 0 Å². The van der Waals surface area contributed by atoms with E-state index in [0.717, 1.165) is 12.7 Å². The normalized spacial score (nSPS) is 10.8. The van der Waals surface area contributed by atoms with Crippen molar-refractivity contribution < 1.29 is 9.21 Å². The van der Waals surface area contributed by atoms with E-state index in [0.29, 0.717) is 28.4 Å². The molecule has 0 fully saturated rings. The van der Waals surface area contributed by atoms with Crippen molar-refractivity contribution >= 4 is 68.0 Å². The average molecular weight is 567 g/mol. The van der Waals surface area contributed by atoms with Crippen molar-refractivity contribution in [1.82, 2.24) is 9.97 Å². The van der Waals surface area contributed by atoms with Gasteiger partial charge in [-0.3, -0.25) is 4.79 Å². The Morgan fingerprint density at radius 2 is 1.85 bits per heavy atom. The second-order valence-electron chi connectivity index (χ2n) is 5.50. The number of amides is 1. The Morgan fingerprint density at radius 3 is 2.62 bits per heavy atom. The summed E-state index contributed by atoms with van der Waals surface area (Å²) in [4.78, 5) is 21.0. The fraction of sp³-hybridized carbons (Fsp3) is 0. The van der Waals surface area contributed by atoms with Gasteiger partial charge < -0.3 is 9.73 Å². The standard InChI is InChI=1S/C19H11I2N3O2/c20-12-5-8-15(21)14(10-12)18(25)23-13-6-3-11(4-7-13)19-24-17-16(26-19)2-1-9-22-17/h1-10H,(H,23,25). The quantitative estimate of drug-likeness (QED) is 0.339. The lowest BCUT2D eigenvalue weighted by molar-refractivity contribution is 0.102. The molecule has 2 aromatic carbocycles. The summed E-state index contributed by atoms with van der Waals surface area (Å²) in [5.41, 5.74) is 3.42. The first-order valence-corrected chi connectivity index (χ1v) is 9.84. The molecular weight excluding hydrogens is 556 g/mol. The summed E-state index contributed by atoms with van der Waals surface area (Å²) >= 11 is 4.36. The topological polar surface area (TPSA) is 68.0 Å². The van der Waals surface area contributed by atoms with Crippen LogP contribution >= 0.6 is 45.2 Å². The van der Waals surface area contributed by atoms with Gasteiger partial charge in [-0.1, -0.05) is 0 Å². The Kier molecular flexibility index (Phi) is 4.90. The van der Waals surface area contributed by atoms with E-state index < -0.39 is 0 Å². The lowest BCUT2D eigenvalue weighted by Gasteiger charge is -2.08. The molecule has 0 aliphatic heterocycles. The SMILES string of the molecule is O=C(Nc1ccc(-c2nc3ncccc3o2)cc1)c1cc(I)ccc1I. The van der Waals surface area contributed by atoms with Crippen LogP contribution < -0.4 is 5.32 Å². The maximum atomic E-state index is 12.5. The van der Waals surface area contributed by atoms with Crippen molar-refractivity contribution in [2.45, 2.75) is 0 Å². The van der Waals surface area contributed by atoms with E-state index >= 15 is 0 Å². The molecule has 0 saturated carbocycles. The van der Waals surface area contributed by atoms with Gasteiger partial charge in [0.15, 0.2) is 11.2 Å². The van der Waals surface area contributed by atoms with Crippen LogP contribution in [0.15, 0.2) is 65.2 Å². The number of rotatable bonds is 3. The van der Waals surface area contributed by atoms with E-state index in [-0.39, 0.29) is 5.91 Å². The first kappa shape index (κ1) is 17.4. The third-order valence-corrected chi connectivity index (χ3v) is 5.34. The molecule has 0 aliphatic carbocycles. The Labute approximate surface area is 176 Å². The number of carbonyl (C=O) groups excluding carboxylic acids is 1. The van der Waals surface area contributed by atoms with Gasteiger partial charge in [0.05, 0.1) is 5.56 Å². The molecule has 0 atom stereocenters. The highest BCUT2D eigenvalue weighted by Gasteiger charge is 2.12. The first-order chi connectivity index (χ1) is 12.6. The van der Waals surface area contributed by atoms with Crippen LogP contribution in [0.5, 0.6) is 0 Å². The third kappa shape index (κ3) is 3.58. The predicted molar refractivity (Wildman–Crippen MR) is 117 cm³/mol. The predicted octanol–water partition coefficient (Wildman–Crippen LogP) is 5.35. The van der Waals surface area contributed by atoms with Crippen LogP contribution in [0.25, 0.3) is 22.7 Å². The minimum atomic E-state index is -0.133. The molecule has 26 heavy (non-hydrogen) atoms. The van der Waals surface area contributed by atoms with Gasteiger partial charge in [0.1, 0.15) is 0 Å². The number of nitrogens with one attached hydrogen (secondary N) is 1. The van der Waals surface area contributed by atoms with Gasteiger partial charge in [-0.05, 0) is 99.8 Å². The van der Waals surface area contributed by atoms with Crippen molar-refractivity contribution in [3.05, 3.63) is 73.5 Å². The summed E-state index contributed by atoms with van der Waals surface area (Å²) in [5, 5.41) is 2.92. The zero-order valence-corrected chi connectivity index (χ0v) is 17.6. The Balaban J connectivity index is 1.56. The van der Waals surface area contributed by atoms with Crippen LogP contribution in [0, 0.1) is 7.14 Å². The molecule has 128 valence electrons. The lowest BCUT2D eigenvalue weighted by atomic mass is 10.2. The number of hydrogen-bond donors (Lipinski definition) is 1. The number of oxazole rings is 1. The van der Waals surface area contributed by atoms with Crippen LogP contribution in [0.4, 0.5) is 5.69 Å². The first-order valence-electron chi connectivity index (χ1n) is 7.68. The van der Waals surface area contributed by atoms with Crippen molar-refractivity contribution in [2.24, 2.45) is 0 Å². The highest BCUT2D eigenvalue weighted by atomic mass is 127. The highest BCUT2D eigenvalue weighted by Crippen LogP contribution is 2.25. The Hall–Kier alpha value is -2.01. The van der Waals surface area contributed by atoms with Crippen molar-refractivity contribution in [3.8, 4) is 11.5 Å². The number of hydrogen-bond acceptors (Lipinski definition) is 4. The smallest absolute Gasteiger partial charge is 0.256 e. The van der Waals surface area contributed by atoms with E-state index in [4.69, 9.17) is 4.42 Å². The maximum Gasteiger partial charge on any atom is 0.256 e. The second-order valence-corrected chi connectivity index (χ2v) is 7.91. The molecule has 0 spiro atoms. The van der Waals surface area contributed by atoms with Crippen LogP contribution in [0.1, 0.15) is 10.4 Å². The van der Waals surface area contributed by atoms with Gasteiger partial charge in [0.25, 0.3) is 5.91 Å². The largest absolute Gasteiger partial charge is 0.434 e. The monoisotopic (exact) mass is 567 g/mol. The zero-order valence-electron chi connectivity index (χ0n) is 13.2. The van der Waals surface area contributed by atoms with E-state index in [1.807, 2.05) is 54.6 Å². The number of fused-ring (bicyclic) bond motifs is 1. The van der Waals surface area contributed by atoms with Gasteiger partial charge in [-0.2, -0.15) is 4.98 Å². The van der Waals surface area contributed by atoms with Gasteiger partial charge in [0.2, 0.25) is 5.89 Å². The molecule has 0 radical (unpaired) electrons. The molecule has 7 heteroatoms. The Morgan fingerprint density at radius 1 is 1.04 bits per heavy atom. The Bertz CT molecular complexity index is 1070. The number of anilines is 1. The van der Waals surface area contributed by atoms with Crippen molar-refractivity contribution in [2.75, 3.05) is 5.32 Å². The minimum absolute atomic E-state index is 0.133. The molecular formula is C19H11I2N3O2. The fourth-order valence-electron chi connectivity index (χ4n) is 2.46. The second kappa shape index (κ2) is 7.31. The molecule has 0 unspecified atom stereocenters. The molecule has 0 aliphatic rings. The molecule has 0 saturated heterocycles. The van der Waals surface area contributed by atoms with E-state index in [1.165, 1.54) is 0 Å². The maximum absolute atomic E-state index is 12.5. The van der Waals surface area contributed by atoms with E-state index in [9.17, 15) is 4.79 Å². The summed E-state index contributed by atoms with van der Waals surface area (Å²) in [6, 6.07) is 16.8. The van der Waals surface area contributed by atoms with Gasteiger partial charge in [-0.25, -0.2) is 4.98 Å². The zero-order chi connectivity index (χ0) is 18.1. The summed E-state index contributed by atoms with van der Waals surface area (Å²) < 4.78 is 7.64. The molecule has 5 nitrogen and oxygen atoms in total. The summed E-state index contributed by atoms with van der Waals surface area (Å²) in [6.07, 6.45) is 1.68. The van der Waals surface area contributed by atoms with E-state index in [1.54, 1.807) is 6.20 Å². The number of halogens is 2.